The number of pyridine rings is 1. The minimum atomic E-state index is 0.0490. The van der Waals surface area contributed by atoms with Crippen molar-refractivity contribution in [2.24, 2.45) is 0 Å². The summed E-state index contributed by atoms with van der Waals surface area (Å²) in [5, 5.41) is 3.59. The predicted octanol–water partition coefficient (Wildman–Crippen LogP) is 2.72. The van der Waals surface area contributed by atoms with Crippen molar-refractivity contribution in [1.29, 1.82) is 0 Å². The summed E-state index contributed by atoms with van der Waals surface area (Å²) in [6.07, 6.45) is 4.69. The number of methoxy groups -OCH3 is 2. The second-order valence-electron chi connectivity index (χ2n) is 5.53. The lowest BCUT2D eigenvalue weighted by atomic mass is 10.0. The van der Waals surface area contributed by atoms with E-state index >= 15 is 0 Å². The number of hydrogen-bond donors (Lipinski definition) is 1. The van der Waals surface area contributed by atoms with Crippen molar-refractivity contribution in [3.63, 3.8) is 0 Å². The zero-order valence-electron chi connectivity index (χ0n) is 13.5. The van der Waals surface area contributed by atoms with Gasteiger partial charge in [-0.1, -0.05) is 12.1 Å². The van der Waals surface area contributed by atoms with Crippen LogP contribution in [0.5, 0.6) is 11.5 Å². The predicted molar refractivity (Wildman–Crippen MR) is 87.7 cm³/mol. The normalized spacial score (nSPS) is 20.4. The molecule has 2 aromatic rings. The van der Waals surface area contributed by atoms with Crippen LogP contribution >= 0.6 is 0 Å². The molecule has 0 radical (unpaired) electrons. The molecule has 1 aliphatic rings. The van der Waals surface area contributed by atoms with Gasteiger partial charge in [-0.05, 0) is 18.6 Å². The summed E-state index contributed by atoms with van der Waals surface area (Å²) in [7, 11) is 3.33. The third-order valence-corrected chi connectivity index (χ3v) is 4.15. The number of hydrogen-bond acceptors (Lipinski definition) is 5. The van der Waals surface area contributed by atoms with E-state index in [4.69, 9.17) is 14.2 Å². The fraction of sp³-hybridized carbons (Fsp3) is 0.389. The van der Waals surface area contributed by atoms with E-state index in [1.807, 2.05) is 30.5 Å². The monoisotopic (exact) mass is 314 g/mol. The first kappa shape index (κ1) is 15.8. The second-order valence-corrected chi connectivity index (χ2v) is 5.53. The topological polar surface area (TPSA) is 52.6 Å². The van der Waals surface area contributed by atoms with Crippen LogP contribution in [0.25, 0.3) is 0 Å². The number of rotatable bonds is 6. The molecule has 122 valence electrons. The molecule has 2 heterocycles. The van der Waals surface area contributed by atoms with Gasteiger partial charge in [0.15, 0.2) is 0 Å². The molecule has 2 atom stereocenters. The Balaban J connectivity index is 1.68. The first-order valence-electron chi connectivity index (χ1n) is 7.77. The molecule has 1 fully saturated rings. The second kappa shape index (κ2) is 7.44. The molecule has 5 nitrogen and oxygen atoms in total. The molecule has 0 aliphatic carbocycles. The van der Waals surface area contributed by atoms with Crippen LogP contribution in [-0.2, 0) is 11.3 Å². The van der Waals surface area contributed by atoms with Crippen LogP contribution in [-0.4, -0.2) is 31.9 Å². The number of nitrogens with one attached hydrogen (secondary N) is 1. The molecule has 1 aromatic carbocycles. The number of benzene rings is 1. The summed E-state index contributed by atoms with van der Waals surface area (Å²) in [5.41, 5.74) is 2.22. The fourth-order valence-electron chi connectivity index (χ4n) is 2.91. The van der Waals surface area contributed by atoms with Crippen molar-refractivity contribution >= 4 is 0 Å². The van der Waals surface area contributed by atoms with Gasteiger partial charge in [0, 0.05) is 48.8 Å². The summed E-state index contributed by atoms with van der Waals surface area (Å²) >= 11 is 0. The molecular formula is C18H22N2O3. The maximum absolute atomic E-state index is 5.88. The summed E-state index contributed by atoms with van der Waals surface area (Å²) < 4.78 is 16.6. The molecule has 0 bridgehead atoms. The Hall–Kier alpha value is -2.11. The van der Waals surface area contributed by atoms with Gasteiger partial charge < -0.3 is 19.5 Å². The van der Waals surface area contributed by atoms with Crippen LogP contribution in [0, 0.1) is 0 Å². The highest BCUT2D eigenvalue weighted by Gasteiger charge is 2.29. The largest absolute Gasteiger partial charge is 0.497 e. The minimum Gasteiger partial charge on any atom is -0.497 e. The average Bonchev–Trinajstić information content (AvgIpc) is 3.09. The zero-order valence-corrected chi connectivity index (χ0v) is 13.5. The van der Waals surface area contributed by atoms with Crippen molar-refractivity contribution in [1.82, 2.24) is 10.3 Å². The van der Waals surface area contributed by atoms with Gasteiger partial charge in [0.25, 0.3) is 0 Å². The van der Waals surface area contributed by atoms with Gasteiger partial charge in [0.05, 0.1) is 20.3 Å². The first-order valence-corrected chi connectivity index (χ1v) is 7.77. The number of nitrogens with zero attached hydrogens (tertiary/aromatic N) is 1. The fourth-order valence-corrected chi connectivity index (χ4v) is 2.91. The van der Waals surface area contributed by atoms with E-state index in [9.17, 15) is 0 Å². The molecule has 5 heteroatoms. The Bertz CT molecular complexity index is 633. The minimum absolute atomic E-state index is 0.0490. The molecule has 1 saturated heterocycles. The van der Waals surface area contributed by atoms with Crippen molar-refractivity contribution in [3.05, 3.63) is 53.9 Å². The molecule has 23 heavy (non-hydrogen) atoms. The Kier molecular flexibility index (Phi) is 5.10. The van der Waals surface area contributed by atoms with Gasteiger partial charge in [-0.15, -0.1) is 0 Å². The Labute approximate surface area is 136 Å². The van der Waals surface area contributed by atoms with Crippen molar-refractivity contribution in [2.75, 3.05) is 20.8 Å². The van der Waals surface area contributed by atoms with E-state index in [1.54, 1.807) is 20.4 Å². The standard InChI is InChI=1S/C18H22N2O3/c1-21-15-6-5-13(17(10-15)22-2)12-20-16-7-9-23-18(16)14-4-3-8-19-11-14/h3-6,8,10-11,16,18,20H,7,9,12H2,1-2H3/t16-,18+/m0/s1. The molecule has 1 aromatic heterocycles. The molecule has 3 rings (SSSR count). The van der Waals surface area contributed by atoms with Gasteiger partial charge in [0.2, 0.25) is 0 Å². The summed E-state index contributed by atoms with van der Waals surface area (Å²) in [5.74, 6) is 1.62. The molecule has 0 amide bonds. The van der Waals surface area contributed by atoms with Gasteiger partial charge in [-0.3, -0.25) is 4.98 Å². The third-order valence-electron chi connectivity index (χ3n) is 4.15. The van der Waals surface area contributed by atoms with Crippen molar-refractivity contribution < 1.29 is 14.2 Å². The summed E-state index contributed by atoms with van der Waals surface area (Å²) in [4.78, 5) is 4.19. The van der Waals surface area contributed by atoms with Gasteiger partial charge in [0.1, 0.15) is 11.5 Å². The molecule has 1 aliphatic heterocycles. The Morgan fingerprint density at radius 2 is 2.17 bits per heavy atom. The number of ether oxygens (including phenoxy) is 3. The highest BCUT2D eigenvalue weighted by molar-refractivity contribution is 5.40. The molecule has 1 N–H and O–H groups in total. The van der Waals surface area contributed by atoms with Gasteiger partial charge in [-0.25, -0.2) is 0 Å². The molecule has 0 saturated carbocycles. The van der Waals surface area contributed by atoms with E-state index in [2.05, 4.69) is 16.4 Å². The van der Waals surface area contributed by atoms with Crippen LogP contribution in [0.4, 0.5) is 0 Å². The maximum atomic E-state index is 5.88. The zero-order chi connectivity index (χ0) is 16.1. The first-order chi connectivity index (χ1) is 11.3. The van der Waals surface area contributed by atoms with Crippen molar-refractivity contribution in [3.8, 4) is 11.5 Å². The highest BCUT2D eigenvalue weighted by Crippen LogP contribution is 2.30. The molecule has 0 unspecified atom stereocenters. The summed E-state index contributed by atoms with van der Waals surface area (Å²) in [6, 6.07) is 10.2. The van der Waals surface area contributed by atoms with Crippen LogP contribution in [0.3, 0.4) is 0 Å². The lowest BCUT2D eigenvalue weighted by Gasteiger charge is -2.20. The van der Waals surface area contributed by atoms with E-state index in [1.165, 1.54) is 0 Å². The Morgan fingerprint density at radius 1 is 1.26 bits per heavy atom. The van der Waals surface area contributed by atoms with Gasteiger partial charge >= 0.3 is 0 Å². The van der Waals surface area contributed by atoms with Gasteiger partial charge in [-0.2, -0.15) is 0 Å². The molecular weight excluding hydrogens is 292 g/mol. The maximum Gasteiger partial charge on any atom is 0.127 e. The smallest absolute Gasteiger partial charge is 0.127 e. The molecule has 0 spiro atoms. The van der Waals surface area contributed by atoms with E-state index in [0.717, 1.165) is 42.2 Å². The van der Waals surface area contributed by atoms with E-state index in [0.29, 0.717) is 0 Å². The van der Waals surface area contributed by atoms with Crippen LogP contribution in [0.1, 0.15) is 23.7 Å². The van der Waals surface area contributed by atoms with Crippen LogP contribution in [0.2, 0.25) is 0 Å². The van der Waals surface area contributed by atoms with Crippen LogP contribution in [0.15, 0.2) is 42.7 Å². The average molecular weight is 314 g/mol. The lowest BCUT2D eigenvalue weighted by Crippen LogP contribution is -2.31. The van der Waals surface area contributed by atoms with E-state index in [-0.39, 0.29) is 12.1 Å². The quantitative estimate of drug-likeness (QED) is 0.888. The summed E-state index contributed by atoms with van der Waals surface area (Å²) in [6.45, 7) is 1.48. The van der Waals surface area contributed by atoms with Crippen molar-refractivity contribution in [2.45, 2.75) is 25.1 Å². The third kappa shape index (κ3) is 3.63. The lowest BCUT2D eigenvalue weighted by molar-refractivity contribution is 0.0981. The van der Waals surface area contributed by atoms with E-state index < -0.39 is 0 Å². The SMILES string of the molecule is COc1ccc(CN[C@H]2CCO[C@@H]2c2cccnc2)c(OC)c1. The van der Waals surface area contributed by atoms with Crippen LogP contribution < -0.4 is 14.8 Å². The Morgan fingerprint density at radius 3 is 2.91 bits per heavy atom. The highest BCUT2D eigenvalue weighted by atomic mass is 16.5. The number of aromatic nitrogens is 1.